The van der Waals surface area contributed by atoms with E-state index in [1.54, 1.807) is 17.0 Å². The summed E-state index contributed by atoms with van der Waals surface area (Å²) in [4.78, 5) is 16.3. The van der Waals surface area contributed by atoms with E-state index in [0.717, 1.165) is 31.5 Å². The highest BCUT2D eigenvalue weighted by Crippen LogP contribution is 2.19. The van der Waals surface area contributed by atoms with Gasteiger partial charge >= 0.3 is 6.09 Å². The van der Waals surface area contributed by atoms with Gasteiger partial charge in [0.1, 0.15) is 5.82 Å². The second-order valence-electron chi connectivity index (χ2n) is 5.49. The molecular weight excluding hydrogens is 271 g/mol. The molecule has 0 N–H and O–H groups in total. The smallest absolute Gasteiger partial charge is 0.410 e. The van der Waals surface area contributed by atoms with Gasteiger partial charge in [0.05, 0.1) is 6.61 Å². The van der Waals surface area contributed by atoms with E-state index < -0.39 is 0 Å². The molecule has 0 saturated carbocycles. The van der Waals surface area contributed by atoms with Crippen molar-refractivity contribution in [2.24, 2.45) is 0 Å². The number of hydrogen-bond donors (Lipinski definition) is 0. The summed E-state index contributed by atoms with van der Waals surface area (Å²) in [5, 5.41) is 0. The predicted molar refractivity (Wildman–Crippen MR) is 79.5 cm³/mol. The molecule has 4 nitrogen and oxygen atoms in total. The van der Waals surface area contributed by atoms with Crippen molar-refractivity contribution in [3.63, 3.8) is 0 Å². The molecule has 1 aromatic carbocycles. The van der Waals surface area contributed by atoms with Crippen LogP contribution in [0.25, 0.3) is 0 Å². The van der Waals surface area contributed by atoms with Crippen LogP contribution in [0.2, 0.25) is 0 Å². The molecule has 0 atom stereocenters. The molecule has 1 aliphatic heterocycles. The van der Waals surface area contributed by atoms with Crippen LogP contribution in [0.5, 0.6) is 0 Å². The molecule has 1 fully saturated rings. The maximum atomic E-state index is 13.0. The lowest BCUT2D eigenvalue weighted by molar-refractivity contribution is 0.0680. The van der Waals surface area contributed by atoms with E-state index >= 15 is 0 Å². The van der Waals surface area contributed by atoms with Gasteiger partial charge in [-0.3, -0.25) is 0 Å². The number of amides is 1. The average molecular weight is 294 g/mol. The lowest BCUT2D eigenvalue weighted by Crippen LogP contribution is -2.46. The summed E-state index contributed by atoms with van der Waals surface area (Å²) in [5.74, 6) is -0.263. The Morgan fingerprint density at radius 2 is 1.95 bits per heavy atom. The van der Waals surface area contributed by atoms with Gasteiger partial charge in [0, 0.05) is 12.6 Å². The lowest BCUT2D eigenvalue weighted by atomic mass is 10.0. The van der Waals surface area contributed by atoms with Crippen molar-refractivity contribution in [2.45, 2.75) is 32.4 Å². The monoisotopic (exact) mass is 294 g/mol. The van der Waals surface area contributed by atoms with Gasteiger partial charge in [-0.1, -0.05) is 12.1 Å². The Morgan fingerprint density at radius 3 is 2.52 bits per heavy atom. The zero-order valence-electron chi connectivity index (χ0n) is 12.7. The molecular formula is C16H23FN2O2. The van der Waals surface area contributed by atoms with E-state index in [1.807, 2.05) is 6.92 Å². The third-order valence-electron chi connectivity index (χ3n) is 3.90. The number of carbonyl (C=O) groups is 1. The van der Waals surface area contributed by atoms with Gasteiger partial charge < -0.3 is 14.5 Å². The summed E-state index contributed by atoms with van der Waals surface area (Å²) in [7, 11) is 2.09. The third kappa shape index (κ3) is 4.43. The normalized spacial score (nSPS) is 16.7. The fraction of sp³-hybridized carbons (Fsp3) is 0.562. The molecule has 1 amide bonds. The summed E-state index contributed by atoms with van der Waals surface area (Å²) < 4.78 is 18.2. The minimum Gasteiger partial charge on any atom is -0.450 e. The van der Waals surface area contributed by atoms with Crippen molar-refractivity contribution in [3.05, 3.63) is 35.6 Å². The molecule has 0 unspecified atom stereocenters. The number of nitrogens with zero attached hydrogens (tertiary/aromatic N) is 2. The van der Waals surface area contributed by atoms with Crippen LogP contribution in [-0.4, -0.2) is 48.7 Å². The Morgan fingerprint density at radius 1 is 1.33 bits per heavy atom. The van der Waals surface area contributed by atoms with Gasteiger partial charge in [-0.05, 0) is 57.6 Å². The number of carbonyl (C=O) groups excluding carboxylic acids is 1. The Bertz CT molecular complexity index is 456. The molecule has 1 aromatic rings. The van der Waals surface area contributed by atoms with Crippen LogP contribution in [-0.2, 0) is 11.3 Å². The molecule has 21 heavy (non-hydrogen) atoms. The van der Waals surface area contributed by atoms with Crippen LogP contribution in [0.1, 0.15) is 25.3 Å². The van der Waals surface area contributed by atoms with Gasteiger partial charge in [0.15, 0.2) is 0 Å². The average Bonchev–Trinajstić information content (AvgIpc) is 2.48. The van der Waals surface area contributed by atoms with Crippen molar-refractivity contribution in [1.29, 1.82) is 0 Å². The molecule has 0 aliphatic carbocycles. The maximum Gasteiger partial charge on any atom is 0.410 e. The molecule has 0 aromatic heterocycles. The number of likely N-dealkylation sites (tertiary alicyclic amines) is 1. The molecule has 1 heterocycles. The Hall–Kier alpha value is -1.62. The molecule has 0 bridgehead atoms. The minimum absolute atomic E-state index is 0.185. The third-order valence-corrected chi connectivity index (χ3v) is 3.90. The highest BCUT2D eigenvalue weighted by molar-refractivity contribution is 5.68. The number of halogens is 1. The van der Waals surface area contributed by atoms with Crippen LogP contribution < -0.4 is 0 Å². The first-order chi connectivity index (χ1) is 10.1. The van der Waals surface area contributed by atoms with Gasteiger partial charge in [-0.25, -0.2) is 9.18 Å². The van der Waals surface area contributed by atoms with E-state index in [9.17, 15) is 9.18 Å². The van der Waals surface area contributed by atoms with Gasteiger partial charge in [0.25, 0.3) is 0 Å². The fourth-order valence-electron chi connectivity index (χ4n) is 2.64. The van der Waals surface area contributed by atoms with Crippen LogP contribution in [0, 0.1) is 5.82 Å². The van der Waals surface area contributed by atoms with E-state index in [-0.39, 0.29) is 18.0 Å². The first kappa shape index (κ1) is 15.8. The van der Waals surface area contributed by atoms with Crippen molar-refractivity contribution in [2.75, 3.05) is 26.7 Å². The van der Waals surface area contributed by atoms with Crippen LogP contribution in [0.3, 0.4) is 0 Å². The van der Waals surface area contributed by atoms with Crippen LogP contribution in [0.15, 0.2) is 24.3 Å². The minimum atomic E-state index is -0.281. The zero-order valence-corrected chi connectivity index (χ0v) is 12.7. The Balaban J connectivity index is 2.08. The Kier molecular flexibility index (Phi) is 5.56. The molecule has 1 aliphatic rings. The summed E-state index contributed by atoms with van der Waals surface area (Å²) in [5.41, 5.74) is 0.920. The first-order valence-electron chi connectivity index (χ1n) is 7.46. The number of piperidine rings is 1. The molecule has 2 rings (SSSR count). The Labute approximate surface area is 125 Å². The molecule has 1 saturated heterocycles. The van der Waals surface area contributed by atoms with Crippen molar-refractivity contribution in [3.8, 4) is 0 Å². The van der Waals surface area contributed by atoms with E-state index in [4.69, 9.17) is 4.74 Å². The van der Waals surface area contributed by atoms with Crippen molar-refractivity contribution < 1.29 is 13.9 Å². The summed E-state index contributed by atoms with van der Waals surface area (Å²) >= 11 is 0. The van der Waals surface area contributed by atoms with Gasteiger partial charge in [-0.2, -0.15) is 0 Å². The van der Waals surface area contributed by atoms with E-state index in [1.165, 1.54) is 12.1 Å². The summed E-state index contributed by atoms with van der Waals surface area (Å²) in [6, 6.07) is 6.47. The van der Waals surface area contributed by atoms with Crippen molar-refractivity contribution >= 4 is 6.09 Å². The molecule has 5 heteroatoms. The second-order valence-corrected chi connectivity index (χ2v) is 5.49. The highest BCUT2D eigenvalue weighted by Gasteiger charge is 2.27. The quantitative estimate of drug-likeness (QED) is 0.856. The second kappa shape index (κ2) is 7.41. The number of rotatable bonds is 4. The topological polar surface area (TPSA) is 32.8 Å². The van der Waals surface area contributed by atoms with Crippen molar-refractivity contribution in [1.82, 2.24) is 9.80 Å². The number of hydrogen-bond acceptors (Lipinski definition) is 3. The van der Waals surface area contributed by atoms with E-state index in [0.29, 0.717) is 13.2 Å². The number of ether oxygens (including phenoxy) is 1. The van der Waals surface area contributed by atoms with Crippen LogP contribution in [0.4, 0.5) is 9.18 Å². The van der Waals surface area contributed by atoms with E-state index in [2.05, 4.69) is 11.9 Å². The standard InChI is InChI=1S/C16H23FN2O2/c1-3-21-16(20)19(15-8-10-18(2)11-9-15)12-13-4-6-14(17)7-5-13/h4-7,15H,3,8-12H2,1-2H3. The van der Waals surface area contributed by atoms with Gasteiger partial charge in [-0.15, -0.1) is 0 Å². The summed E-state index contributed by atoms with van der Waals surface area (Å²) in [6.07, 6.45) is 1.60. The summed E-state index contributed by atoms with van der Waals surface area (Å²) in [6.45, 7) is 4.59. The van der Waals surface area contributed by atoms with Crippen LogP contribution >= 0.6 is 0 Å². The zero-order chi connectivity index (χ0) is 15.2. The molecule has 0 spiro atoms. The fourth-order valence-corrected chi connectivity index (χ4v) is 2.64. The molecule has 116 valence electrons. The highest BCUT2D eigenvalue weighted by atomic mass is 19.1. The SMILES string of the molecule is CCOC(=O)N(Cc1ccc(F)cc1)C1CCN(C)CC1. The van der Waals surface area contributed by atoms with Gasteiger partial charge in [0.2, 0.25) is 0 Å². The lowest BCUT2D eigenvalue weighted by Gasteiger charge is -2.36. The molecule has 0 radical (unpaired) electrons. The predicted octanol–water partition coefficient (Wildman–Crippen LogP) is 2.88. The first-order valence-corrected chi connectivity index (χ1v) is 7.46. The maximum absolute atomic E-state index is 13.0. The largest absolute Gasteiger partial charge is 0.450 e. The number of benzene rings is 1.